The molecule has 2 amide bonds. The van der Waals surface area contributed by atoms with Crippen LogP contribution < -0.4 is 15.1 Å². The van der Waals surface area contributed by atoms with Crippen molar-refractivity contribution in [2.24, 2.45) is 0 Å². The van der Waals surface area contributed by atoms with Gasteiger partial charge in [-0.3, -0.25) is 9.69 Å². The zero-order valence-electron chi connectivity index (χ0n) is 16.6. The number of anilines is 2. The minimum Gasteiger partial charge on any atom is -0.442 e. The largest absolute Gasteiger partial charge is 0.442 e. The Kier molecular flexibility index (Phi) is 5.67. The summed E-state index contributed by atoms with van der Waals surface area (Å²) in [6.07, 6.45) is -0.537. The van der Waals surface area contributed by atoms with Gasteiger partial charge in [-0.25, -0.2) is 18.3 Å². The second kappa shape index (κ2) is 8.41. The van der Waals surface area contributed by atoms with E-state index in [1.165, 1.54) is 22.8 Å². The highest BCUT2D eigenvalue weighted by Crippen LogP contribution is 2.34. The summed E-state index contributed by atoms with van der Waals surface area (Å²) in [6.45, 7) is 1.75. The number of aliphatic hydroxyl groups is 1. The third-order valence-corrected chi connectivity index (χ3v) is 5.33. The molecule has 0 saturated carbocycles. The third kappa shape index (κ3) is 4.26. The van der Waals surface area contributed by atoms with Crippen LogP contribution in [0.3, 0.4) is 0 Å². The number of aromatic nitrogens is 4. The van der Waals surface area contributed by atoms with Crippen LogP contribution in [0.4, 0.5) is 25.0 Å². The van der Waals surface area contributed by atoms with E-state index in [1.807, 2.05) is 0 Å². The van der Waals surface area contributed by atoms with Gasteiger partial charge in [-0.1, -0.05) is 0 Å². The fourth-order valence-electron chi connectivity index (χ4n) is 3.86. The maximum atomic E-state index is 14.9. The van der Waals surface area contributed by atoms with Gasteiger partial charge in [0.1, 0.15) is 18.1 Å². The Labute approximate surface area is 175 Å². The van der Waals surface area contributed by atoms with Gasteiger partial charge >= 0.3 is 6.09 Å². The second-order valence-electron chi connectivity index (χ2n) is 7.47. The molecule has 0 spiro atoms. The normalized spacial score (nSPS) is 23.7. The van der Waals surface area contributed by atoms with Crippen molar-refractivity contribution < 1.29 is 28.2 Å². The van der Waals surface area contributed by atoms with E-state index < -0.39 is 36.0 Å². The molecule has 11 nitrogen and oxygen atoms in total. The first kappa shape index (κ1) is 20.9. The summed E-state index contributed by atoms with van der Waals surface area (Å²) in [5.41, 5.74) is -0.265. The monoisotopic (exact) mass is 437 g/mol. The van der Waals surface area contributed by atoms with Gasteiger partial charge in [0.25, 0.3) is 0 Å². The molecule has 13 heteroatoms. The van der Waals surface area contributed by atoms with E-state index in [0.29, 0.717) is 6.42 Å². The Balaban J connectivity index is 1.48. The molecule has 3 heterocycles. The quantitative estimate of drug-likeness (QED) is 0.681. The first-order valence-electron chi connectivity index (χ1n) is 9.70. The summed E-state index contributed by atoms with van der Waals surface area (Å²) in [5.74, 6) is -2.00. The van der Waals surface area contributed by atoms with Gasteiger partial charge in [-0.05, 0) is 16.8 Å². The molecule has 1 aromatic heterocycles. The molecular weight excluding hydrogens is 416 g/mol. The Morgan fingerprint density at radius 1 is 1.32 bits per heavy atom. The average molecular weight is 437 g/mol. The first-order chi connectivity index (χ1) is 14.8. The van der Waals surface area contributed by atoms with Gasteiger partial charge in [0.15, 0.2) is 11.6 Å². The maximum Gasteiger partial charge on any atom is 0.414 e. The predicted molar refractivity (Wildman–Crippen MR) is 102 cm³/mol. The number of hydrogen-bond acceptors (Lipinski definition) is 8. The first-order valence-corrected chi connectivity index (χ1v) is 9.70. The van der Waals surface area contributed by atoms with Gasteiger partial charge < -0.3 is 20.1 Å². The fourth-order valence-corrected chi connectivity index (χ4v) is 3.86. The molecule has 2 unspecified atom stereocenters. The van der Waals surface area contributed by atoms with Gasteiger partial charge in [0, 0.05) is 32.1 Å². The van der Waals surface area contributed by atoms with E-state index in [0.717, 1.165) is 17.0 Å². The van der Waals surface area contributed by atoms with Crippen LogP contribution in [0.5, 0.6) is 0 Å². The molecule has 1 aromatic carbocycles. The SMILES string of the molecule is CC(=O)NC[C@H]1CN(c2cc(F)c(N3CCC(n4cnnn4)C(O)C3)c(F)c2)C(=O)O1. The summed E-state index contributed by atoms with van der Waals surface area (Å²) in [6, 6.07) is 1.72. The number of aliphatic hydroxyl groups excluding tert-OH is 1. The molecule has 2 saturated heterocycles. The molecule has 2 aliphatic rings. The van der Waals surface area contributed by atoms with E-state index in [9.17, 15) is 23.5 Å². The Hall–Kier alpha value is -3.35. The molecule has 0 bridgehead atoms. The van der Waals surface area contributed by atoms with E-state index in [-0.39, 0.29) is 43.5 Å². The van der Waals surface area contributed by atoms with E-state index in [1.54, 1.807) is 0 Å². The average Bonchev–Trinajstić information content (AvgIpc) is 3.36. The van der Waals surface area contributed by atoms with Crippen molar-refractivity contribution in [2.45, 2.75) is 31.6 Å². The van der Waals surface area contributed by atoms with Gasteiger partial charge in [-0.2, -0.15) is 0 Å². The van der Waals surface area contributed by atoms with Crippen molar-refractivity contribution in [2.75, 3.05) is 36.0 Å². The topological polar surface area (TPSA) is 126 Å². The van der Waals surface area contributed by atoms with Crippen LogP contribution in [0, 0.1) is 11.6 Å². The zero-order valence-corrected chi connectivity index (χ0v) is 16.6. The number of carbonyl (C=O) groups excluding carboxylic acids is 2. The standard InChI is InChI=1S/C18H21F2N7O4/c1-10(28)21-6-12-7-26(18(30)31-12)11-4-13(19)17(14(20)5-11)25-3-2-15(16(29)8-25)27-9-22-23-24-27/h4-5,9,12,15-16,29H,2-3,6-8H2,1H3,(H,21,28)/t12-,15?,16?/m0/s1. The predicted octanol–water partition coefficient (Wildman–Crippen LogP) is 0.225. The molecular formula is C18H21F2N7O4. The van der Waals surface area contributed by atoms with E-state index in [4.69, 9.17) is 4.74 Å². The van der Waals surface area contributed by atoms with Crippen molar-refractivity contribution in [1.29, 1.82) is 0 Å². The highest BCUT2D eigenvalue weighted by Gasteiger charge is 2.35. The number of hydrogen-bond donors (Lipinski definition) is 2. The number of β-amino-alcohol motifs (C(OH)–C–C–N with tert-alkyl or cyclic N) is 1. The van der Waals surface area contributed by atoms with E-state index in [2.05, 4.69) is 20.8 Å². The summed E-state index contributed by atoms with van der Waals surface area (Å²) < 4.78 is 36.3. The number of ether oxygens (including phenoxy) is 1. The number of tetrazole rings is 1. The molecule has 0 radical (unpaired) electrons. The number of carbonyl (C=O) groups is 2. The fraction of sp³-hybridized carbons (Fsp3) is 0.500. The van der Waals surface area contributed by atoms with Crippen LogP contribution in [0.25, 0.3) is 0 Å². The molecule has 0 aliphatic carbocycles. The highest BCUT2D eigenvalue weighted by molar-refractivity contribution is 5.90. The number of rotatable bonds is 5. The second-order valence-corrected chi connectivity index (χ2v) is 7.47. The number of piperidine rings is 1. The van der Waals surface area contributed by atoms with Crippen LogP contribution in [-0.2, 0) is 9.53 Å². The van der Waals surface area contributed by atoms with Crippen molar-refractivity contribution in [3.63, 3.8) is 0 Å². The molecule has 2 N–H and O–H groups in total. The van der Waals surface area contributed by atoms with Crippen LogP contribution in [0.15, 0.2) is 18.5 Å². The molecule has 4 rings (SSSR count). The summed E-state index contributed by atoms with van der Waals surface area (Å²) in [5, 5.41) is 23.8. The maximum absolute atomic E-state index is 14.9. The number of cyclic esters (lactones) is 1. The number of benzene rings is 1. The number of nitrogens with one attached hydrogen (secondary N) is 1. The lowest BCUT2D eigenvalue weighted by atomic mass is 10.0. The number of nitrogens with zero attached hydrogens (tertiary/aromatic N) is 6. The van der Waals surface area contributed by atoms with Gasteiger partial charge in [0.05, 0.1) is 30.9 Å². The Morgan fingerprint density at radius 2 is 2.06 bits per heavy atom. The summed E-state index contributed by atoms with van der Waals surface area (Å²) in [7, 11) is 0. The smallest absolute Gasteiger partial charge is 0.414 e. The van der Waals surface area contributed by atoms with Crippen molar-refractivity contribution >= 4 is 23.4 Å². The number of halogens is 2. The van der Waals surface area contributed by atoms with Crippen molar-refractivity contribution in [1.82, 2.24) is 25.5 Å². The minimum absolute atomic E-state index is 0.0116. The summed E-state index contributed by atoms with van der Waals surface area (Å²) >= 11 is 0. The molecule has 3 atom stereocenters. The van der Waals surface area contributed by atoms with Gasteiger partial charge in [0.2, 0.25) is 5.91 Å². The Morgan fingerprint density at radius 3 is 2.68 bits per heavy atom. The lowest BCUT2D eigenvalue weighted by molar-refractivity contribution is -0.119. The third-order valence-electron chi connectivity index (χ3n) is 5.33. The van der Waals surface area contributed by atoms with Crippen LogP contribution in [0.2, 0.25) is 0 Å². The van der Waals surface area contributed by atoms with Crippen molar-refractivity contribution in [3.05, 3.63) is 30.1 Å². The lowest BCUT2D eigenvalue weighted by Crippen LogP contribution is -2.45. The number of amides is 2. The van der Waals surface area contributed by atoms with E-state index >= 15 is 0 Å². The lowest BCUT2D eigenvalue weighted by Gasteiger charge is -2.37. The van der Waals surface area contributed by atoms with Crippen LogP contribution in [-0.4, -0.2) is 75.7 Å². The summed E-state index contributed by atoms with van der Waals surface area (Å²) in [4.78, 5) is 25.7. The van der Waals surface area contributed by atoms with Gasteiger partial charge in [-0.15, -0.1) is 5.10 Å². The minimum atomic E-state index is -0.932. The zero-order chi connectivity index (χ0) is 22.1. The molecule has 166 valence electrons. The molecule has 2 aliphatic heterocycles. The highest BCUT2D eigenvalue weighted by atomic mass is 19.1. The van der Waals surface area contributed by atoms with Crippen molar-refractivity contribution in [3.8, 4) is 0 Å². The molecule has 2 aromatic rings. The Bertz CT molecular complexity index is 951. The van der Waals surface area contributed by atoms with Crippen LogP contribution in [0.1, 0.15) is 19.4 Å². The molecule has 2 fully saturated rings. The van der Waals surface area contributed by atoms with Crippen LogP contribution >= 0.6 is 0 Å². The molecule has 31 heavy (non-hydrogen) atoms.